The summed E-state index contributed by atoms with van der Waals surface area (Å²) in [6.07, 6.45) is 0. The van der Waals surface area contributed by atoms with Crippen molar-refractivity contribution in [3.05, 3.63) is 57.7 Å². The van der Waals surface area contributed by atoms with Crippen molar-refractivity contribution in [2.75, 3.05) is 5.32 Å². The molecule has 3 nitrogen and oxygen atoms in total. The van der Waals surface area contributed by atoms with Crippen LogP contribution in [-0.4, -0.2) is 4.98 Å². The molecule has 1 aromatic carbocycles. The SMILES string of the molecule is N#Cc1ccc(CNc2nc(Br)ccc2F)c(F)c1. The number of halogens is 3. The lowest BCUT2D eigenvalue weighted by molar-refractivity contribution is 0.608. The number of nitriles is 1. The standard InChI is InChI=1S/C13H8BrF2N3/c14-12-4-3-10(15)13(19-12)18-7-9-2-1-8(6-17)5-11(9)16/h1-5H,7H2,(H,18,19). The summed E-state index contributed by atoms with van der Waals surface area (Å²) in [5, 5.41) is 11.3. The average Bonchev–Trinajstić information content (AvgIpc) is 2.40. The number of aromatic nitrogens is 1. The van der Waals surface area contributed by atoms with E-state index in [-0.39, 0.29) is 17.9 Å². The lowest BCUT2D eigenvalue weighted by Gasteiger charge is -2.08. The van der Waals surface area contributed by atoms with E-state index in [9.17, 15) is 8.78 Å². The Hall–Kier alpha value is -2.00. The Labute approximate surface area is 117 Å². The fraction of sp³-hybridized carbons (Fsp3) is 0.0769. The number of anilines is 1. The monoisotopic (exact) mass is 323 g/mol. The molecule has 2 rings (SSSR count). The molecule has 0 bridgehead atoms. The van der Waals surface area contributed by atoms with E-state index in [0.29, 0.717) is 10.2 Å². The first kappa shape index (κ1) is 13.4. The fourth-order valence-electron chi connectivity index (χ4n) is 1.48. The minimum Gasteiger partial charge on any atom is -0.363 e. The molecule has 0 saturated carbocycles. The van der Waals surface area contributed by atoms with Crippen LogP contribution in [-0.2, 0) is 6.54 Å². The summed E-state index contributed by atoms with van der Waals surface area (Å²) in [5.41, 5.74) is 0.577. The molecular formula is C13H8BrF2N3. The highest BCUT2D eigenvalue weighted by molar-refractivity contribution is 9.10. The van der Waals surface area contributed by atoms with E-state index in [0.717, 1.165) is 6.07 Å². The van der Waals surface area contributed by atoms with Gasteiger partial charge in [-0.05, 0) is 40.2 Å². The Kier molecular flexibility index (Phi) is 4.07. The molecule has 0 saturated heterocycles. The minimum absolute atomic E-state index is 0.0399. The second-order valence-electron chi connectivity index (χ2n) is 3.74. The van der Waals surface area contributed by atoms with Crippen molar-refractivity contribution in [1.29, 1.82) is 5.26 Å². The first-order valence-electron chi connectivity index (χ1n) is 5.34. The number of nitrogens with zero attached hydrogens (tertiary/aromatic N) is 2. The number of pyridine rings is 1. The molecule has 6 heteroatoms. The average molecular weight is 324 g/mol. The van der Waals surface area contributed by atoms with E-state index in [1.165, 1.54) is 24.3 Å². The Morgan fingerprint density at radius 1 is 1.21 bits per heavy atom. The van der Waals surface area contributed by atoms with Crippen molar-refractivity contribution >= 4 is 21.7 Å². The van der Waals surface area contributed by atoms with Gasteiger partial charge in [0.15, 0.2) is 11.6 Å². The summed E-state index contributed by atoms with van der Waals surface area (Å²) in [5.74, 6) is -0.989. The van der Waals surface area contributed by atoms with E-state index in [1.54, 1.807) is 0 Å². The molecule has 2 aromatic rings. The van der Waals surface area contributed by atoms with Crippen LogP contribution >= 0.6 is 15.9 Å². The molecule has 19 heavy (non-hydrogen) atoms. The third-order valence-electron chi connectivity index (χ3n) is 2.44. The molecule has 0 atom stereocenters. The highest BCUT2D eigenvalue weighted by Crippen LogP contribution is 2.17. The number of rotatable bonds is 3. The number of benzene rings is 1. The summed E-state index contributed by atoms with van der Waals surface area (Å²) < 4.78 is 27.5. The molecule has 0 aliphatic carbocycles. The molecule has 0 radical (unpaired) electrons. The van der Waals surface area contributed by atoms with Gasteiger partial charge in [0.2, 0.25) is 0 Å². The summed E-state index contributed by atoms with van der Waals surface area (Å²) in [7, 11) is 0. The number of hydrogen-bond acceptors (Lipinski definition) is 3. The van der Waals surface area contributed by atoms with Gasteiger partial charge in [0.25, 0.3) is 0 Å². The maximum absolute atomic E-state index is 13.6. The highest BCUT2D eigenvalue weighted by atomic mass is 79.9. The summed E-state index contributed by atoms with van der Waals surface area (Å²) in [6.45, 7) is 0.0813. The second-order valence-corrected chi connectivity index (χ2v) is 4.55. The first-order chi connectivity index (χ1) is 9.10. The highest BCUT2D eigenvalue weighted by Gasteiger charge is 2.07. The van der Waals surface area contributed by atoms with Crippen LogP contribution in [0, 0.1) is 23.0 Å². The van der Waals surface area contributed by atoms with Gasteiger partial charge >= 0.3 is 0 Å². The molecule has 1 N–H and O–H groups in total. The van der Waals surface area contributed by atoms with Crippen LogP contribution in [0.15, 0.2) is 34.9 Å². The van der Waals surface area contributed by atoms with Gasteiger partial charge in [-0.25, -0.2) is 13.8 Å². The van der Waals surface area contributed by atoms with Gasteiger partial charge in [-0.2, -0.15) is 5.26 Å². The van der Waals surface area contributed by atoms with E-state index in [1.807, 2.05) is 6.07 Å². The molecule has 0 fully saturated rings. The third-order valence-corrected chi connectivity index (χ3v) is 2.88. The van der Waals surface area contributed by atoms with E-state index >= 15 is 0 Å². The second kappa shape index (κ2) is 5.76. The summed E-state index contributed by atoms with van der Waals surface area (Å²) in [4.78, 5) is 3.91. The van der Waals surface area contributed by atoms with Crippen LogP contribution in [0.25, 0.3) is 0 Å². The van der Waals surface area contributed by atoms with Gasteiger partial charge in [-0.1, -0.05) is 6.07 Å². The van der Waals surface area contributed by atoms with E-state index in [4.69, 9.17) is 5.26 Å². The van der Waals surface area contributed by atoms with Crippen LogP contribution in [0.4, 0.5) is 14.6 Å². The van der Waals surface area contributed by atoms with Gasteiger partial charge in [0, 0.05) is 12.1 Å². The number of nitrogens with one attached hydrogen (secondary N) is 1. The van der Waals surface area contributed by atoms with Crippen molar-refractivity contribution in [2.45, 2.75) is 6.54 Å². The molecule has 1 aromatic heterocycles. The Balaban J connectivity index is 2.15. The molecule has 0 aliphatic rings. The molecular weight excluding hydrogens is 316 g/mol. The zero-order valence-corrected chi connectivity index (χ0v) is 11.2. The van der Waals surface area contributed by atoms with Gasteiger partial charge in [0.1, 0.15) is 10.4 Å². The van der Waals surface area contributed by atoms with Crippen molar-refractivity contribution in [3.8, 4) is 6.07 Å². The normalized spacial score (nSPS) is 10.0. The quantitative estimate of drug-likeness (QED) is 0.878. The van der Waals surface area contributed by atoms with Gasteiger partial charge < -0.3 is 5.32 Å². The van der Waals surface area contributed by atoms with Gasteiger partial charge in [-0.15, -0.1) is 0 Å². The Bertz CT molecular complexity index is 653. The summed E-state index contributed by atoms with van der Waals surface area (Å²) >= 11 is 3.13. The Morgan fingerprint density at radius 2 is 2.00 bits per heavy atom. The lowest BCUT2D eigenvalue weighted by atomic mass is 10.1. The van der Waals surface area contributed by atoms with Crippen LogP contribution in [0.3, 0.4) is 0 Å². The molecule has 1 heterocycles. The van der Waals surface area contributed by atoms with Crippen molar-refractivity contribution in [1.82, 2.24) is 4.98 Å². The van der Waals surface area contributed by atoms with Crippen LogP contribution in [0.2, 0.25) is 0 Å². The Morgan fingerprint density at radius 3 is 2.68 bits per heavy atom. The molecule has 0 unspecified atom stereocenters. The lowest BCUT2D eigenvalue weighted by Crippen LogP contribution is -2.05. The number of hydrogen-bond donors (Lipinski definition) is 1. The maximum Gasteiger partial charge on any atom is 0.165 e. The molecule has 0 spiro atoms. The van der Waals surface area contributed by atoms with Crippen LogP contribution < -0.4 is 5.32 Å². The van der Waals surface area contributed by atoms with Gasteiger partial charge in [-0.3, -0.25) is 0 Å². The van der Waals surface area contributed by atoms with Gasteiger partial charge in [0.05, 0.1) is 11.6 Å². The van der Waals surface area contributed by atoms with Crippen molar-refractivity contribution in [2.24, 2.45) is 0 Å². The zero-order chi connectivity index (χ0) is 13.8. The predicted molar refractivity (Wildman–Crippen MR) is 70.3 cm³/mol. The molecule has 96 valence electrons. The molecule has 0 aliphatic heterocycles. The van der Waals surface area contributed by atoms with Crippen LogP contribution in [0.1, 0.15) is 11.1 Å². The van der Waals surface area contributed by atoms with Crippen molar-refractivity contribution in [3.63, 3.8) is 0 Å². The third kappa shape index (κ3) is 3.26. The van der Waals surface area contributed by atoms with E-state index in [2.05, 4.69) is 26.2 Å². The largest absolute Gasteiger partial charge is 0.363 e. The fourth-order valence-corrected chi connectivity index (χ4v) is 1.79. The van der Waals surface area contributed by atoms with Crippen molar-refractivity contribution < 1.29 is 8.78 Å². The van der Waals surface area contributed by atoms with Crippen LogP contribution in [0.5, 0.6) is 0 Å². The summed E-state index contributed by atoms with van der Waals surface area (Å²) in [6, 6.07) is 8.71. The predicted octanol–water partition coefficient (Wildman–Crippen LogP) is 3.61. The maximum atomic E-state index is 13.6. The zero-order valence-electron chi connectivity index (χ0n) is 9.62. The smallest absolute Gasteiger partial charge is 0.165 e. The first-order valence-corrected chi connectivity index (χ1v) is 6.14. The molecule has 0 amide bonds. The topological polar surface area (TPSA) is 48.7 Å². The van der Waals surface area contributed by atoms with E-state index < -0.39 is 11.6 Å². The minimum atomic E-state index is -0.516.